The van der Waals surface area contributed by atoms with Crippen LogP contribution in [0.4, 0.5) is 0 Å². The number of hydrogen-bond donors (Lipinski definition) is 1. The number of carboxylic acids is 1. The number of aromatic nitrogens is 2. The molecule has 5 heteroatoms. The number of fused-ring (bicyclic) bond motifs is 1. The van der Waals surface area contributed by atoms with Crippen molar-refractivity contribution in [1.29, 1.82) is 0 Å². The Kier molecular flexibility index (Phi) is 3.38. The van der Waals surface area contributed by atoms with E-state index in [4.69, 9.17) is 5.11 Å². The Bertz CT molecular complexity index is 432. The Morgan fingerprint density at radius 3 is 2.76 bits per heavy atom. The van der Waals surface area contributed by atoms with Crippen LogP contribution in [0.1, 0.15) is 35.7 Å². The molecule has 0 aliphatic carbocycles. The van der Waals surface area contributed by atoms with Crippen LogP contribution in [0.3, 0.4) is 0 Å². The first-order chi connectivity index (χ1) is 8.08. The van der Waals surface area contributed by atoms with Crippen LogP contribution >= 0.6 is 0 Å². The first-order valence-electron chi connectivity index (χ1n) is 5.90. The van der Waals surface area contributed by atoms with Crippen LogP contribution in [0.25, 0.3) is 0 Å². The number of rotatable bonds is 2. The van der Waals surface area contributed by atoms with Gasteiger partial charge < -0.3 is 10.0 Å². The lowest BCUT2D eigenvalue weighted by atomic mass is 10.1. The molecule has 0 fully saturated rings. The standard InChI is InChI=1S/C12H17N3O2/c1-8(2)15-5-3-9-7-13-11(12(16)17)14-10(9)4-6-15/h7-8H,3-6H2,1-2H3,(H,16,17). The summed E-state index contributed by atoms with van der Waals surface area (Å²) in [5.74, 6) is -1.15. The predicted molar refractivity (Wildman–Crippen MR) is 63.1 cm³/mol. The molecule has 0 unspecified atom stereocenters. The summed E-state index contributed by atoms with van der Waals surface area (Å²) in [4.78, 5) is 21.2. The average Bonchev–Trinajstić information content (AvgIpc) is 2.50. The molecule has 2 heterocycles. The molecular weight excluding hydrogens is 218 g/mol. The lowest BCUT2D eigenvalue weighted by molar-refractivity contribution is 0.0683. The van der Waals surface area contributed by atoms with E-state index in [1.54, 1.807) is 6.20 Å². The first kappa shape index (κ1) is 12.0. The highest BCUT2D eigenvalue weighted by Gasteiger charge is 2.18. The van der Waals surface area contributed by atoms with Gasteiger partial charge in [-0.2, -0.15) is 0 Å². The highest BCUT2D eigenvalue weighted by molar-refractivity contribution is 5.83. The molecule has 0 radical (unpaired) electrons. The summed E-state index contributed by atoms with van der Waals surface area (Å²) in [7, 11) is 0. The Balaban J connectivity index is 2.22. The maximum Gasteiger partial charge on any atom is 0.373 e. The van der Waals surface area contributed by atoms with Crippen LogP contribution < -0.4 is 0 Å². The summed E-state index contributed by atoms with van der Waals surface area (Å²) >= 11 is 0. The summed E-state index contributed by atoms with van der Waals surface area (Å²) in [6.45, 7) is 6.26. The highest BCUT2D eigenvalue weighted by atomic mass is 16.4. The topological polar surface area (TPSA) is 66.3 Å². The van der Waals surface area contributed by atoms with Gasteiger partial charge in [0.1, 0.15) is 0 Å². The van der Waals surface area contributed by atoms with E-state index in [-0.39, 0.29) is 5.82 Å². The van der Waals surface area contributed by atoms with Gasteiger partial charge in [0.15, 0.2) is 0 Å². The van der Waals surface area contributed by atoms with Crippen LogP contribution in [-0.4, -0.2) is 45.1 Å². The van der Waals surface area contributed by atoms with Crippen molar-refractivity contribution in [3.63, 3.8) is 0 Å². The van der Waals surface area contributed by atoms with Gasteiger partial charge in [-0.05, 0) is 25.8 Å². The Labute approximate surface area is 100 Å². The molecule has 1 aromatic rings. The summed E-state index contributed by atoms with van der Waals surface area (Å²) in [5, 5.41) is 8.86. The summed E-state index contributed by atoms with van der Waals surface area (Å²) in [6.07, 6.45) is 3.36. The number of carbonyl (C=O) groups is 1. The fourth-order valence-corrected chi connectivity index (χ4v) is 2.11. The van der Waals surface area contributed by atoms with Crippen LogP contribution in [0.2, 0.25) is 0 Å². The van der Waals surface area contributed by atoms with Crippen molar-refractivity contribution in [2.24, 2.45) is 0 Å². The van der Waals surface area contributed by atoms with Crippen molar-refractivity contribution in [2.45, 2.75) is 32.7 Å². The molecule has 1 aromatic heterocycles. The minimum atomic E-state index is -1.06. The minimum absolute atomic E-state index is 0.0956. The lowest BCUT2D eigenvalue weighted by Gasteiger charge is -2.23. The molecule has 0 atom stereocenters. The van der Waals surface area contributed by atoms with Crippen molar-refractivity contribution < 1.29 is 9.90 Å². The fraction of sp³-hybridized carbons (Fsp3) is 0.583. The van der Waals surface area contributed by atoms with E-state index in [2.05, 4.69) is 28.7 Å². The van der Waals surface area contributed by atoms with E-state index in [0.717, 1.165) is 37.2 Å². The molecule has 2 rings (SSSR count). The van der Waals surface area contributed by atoms with Gasteiger partial charge in [0, 0.05) is 37.4 Å². The van der Waals surface area contributed by atoms with Crippen LogP contribution in [0.15, 0.2) is 6.20 Å². The summed E-state index contributed by atoms with van der Waals surface area (Å²) in [6, 6.07) is 0.510. The molecule has 0 saturated carbocycles. The molecular formula is C12H17N3O2. The number of carboxylic acid groups (broad SMARTS) is 1. The van der Waals surface area contributed by atoms with Gasteiger partial charge in [-0.1, -0.05) is 0 Å². The maximum absolute atomic E-state index is 10.8. The molecule has 17 heavy (non-hydrogen) atoms. The number of nitrogens with zero attached hydrogens (tertiary/aromatic N) is 3. The second-order valence-electron chi connectivity index (χ2n) is 4.60. The first-order valence-corrected chi connectivity index (χ1v) is 5.90. The van der Waals surface area contributed by atoms with Gasteiger partial charge in [0.2, 0.25) is 5.82 Å². The smallest absolute Gasteiger partial charge is 0.373 e. The third-order valence-corrected chi connectivity index (χ3v) is 3.18. The Morgan fingerprint density at radius 1 is 1.41 bits per heavy atom. The SMILES string of the molecule is CC(C)N1CCc2cnc(C(=O)O)nc2CC1. The van der Waals surface area contributed by atoms with Gasteiger partial charge >= 0.3 is 5.97 Å². The van der Waals surface area contributed by atoms with E-state index in [0.29, 0.717) is 6.04 Å². The zero-order valence-corrected chi connectivity index (χ0v) is 10.2. The third-order valence-electron chi connectivity index (χ3n) is 3.18. The zero-order valence-electron chi connectivity index (χ0n) is 10.2. The average molecular weight is 235 g/mol. The molecule has 0 amide bonds. The van der Waals surface area contributed by atoms with Gasteiger partial charge in [0.05, 0.1) is 0 Å². The number of aromatic carboxylic acids is 1. The second-order valence-corrected chi connectivity index (χ2v) is 4.60. The quantitative estimate of drug-likeness (QED) is 0.827. The van der Waals surface area contributed by atoms with Gasteiger partial charge in [-0.15, -0.1) is 0 Å². The second kappa shape index (κ2) is 4.79. The van der Waals surface area contributed by atoms with Crippen LogP contribution in [-0.2, 0) is 12.8 Å². The Morgan fingerprint density at radius 2 is 2.12 bits per heavy atom. The summed E-state index contributed by atoms with van der Waals surface area (Å²) in [5.41, 5.74) is 1.97. The van der Waals surface area contributed by atoms with E-state index in [1.165, 1.54) is 0 Å². The monoisotopic (exact) mass is 235 g/mol. The van der Waals surface area contributed by atoms with Crippen molar-refractivity contribution in [3.05, 3.63) is 23.3 Å². The third kappa shape index (κ3) is 2.61. The van der Waals surface area contributed by atoms with E-state index in [1.807, 2.05) is 0 Å². The zero-order chi connectivity index (χ0) is 12.4. The molecule has 1 aliphatic rings. The maximum atomic E-state index is 10.8. The summed E-state index contributed by atoms with van der Waals surface area (Å²) < 4.78 is 0. The molecule has 0 spiro atoms. The van der Waals surface area contributed by atoms with Crippen molar-refractivity contribution in [2.75, 3.05) is 13.1 Å². The van der Waals surface area contributed by atoms with E-state index < -0.39 is 5.97 Å². The molecule has 1 N–H and O–H groups in total. The molecule has 92 valence electrons. The van der Waals surface area contributed by atoms with Crippen LogP contribution in [0, 0.1) is 0 Å². The van der Waals surface area contributed by atoms with Gasteiger partial charge in [-0.25, -0.2) is 14.8 Å². The van der Waals surface area contributed by atoms with Crippen molar-refractivity contribution >= 4 is 5.97 Å². The minimum Gasteiger partial charge on any atom is -0.475 e. The molecule has 0 bridgehead atoms. The fourth-order valence-electron chi connectivity index (χ4n) is 2.11. The molecule has 0 saturated heterocycles. The lowest BCUT2D eigenvalue weighted by Crippen LogP contribution is -2.33. The Hall–Kier alpha value is -1.49. The normalized spacial score (nSPS) is 16.6. The van der Waals surface area contributed by atoms with E-state index in [9.17, 15) is 4.79 Å². The highest BCUT2D eigenvalue weighted by Crippen LogP contribution is 2.14. The molecule has 1 aliphatic heterocycles. The van der Waals surface area contributed by atoms with Crippen molar-refractivity contribution in [3.8, 4) is 0 Å². The van der Waals surface area contributed by atoms with Crippen molar-refractivity contribution in [1.82, 2.24) is 14.9 Å². The van der Waals surface area contributed by atoms with Crippen LogP contribution in [0.5, 0.6) is 0 Å². The van der Waals surface area contributed by atoms with Gasteiger partial charge in [0.25, 0.3) is 0 Å². The van der Waals surface area contributed by atoms with Gasteiger partial charge in [-0.3, -0.25) is 0 Å². The molecule has 0 aromatic carbocycles. The number of hydrogen-bond acceptors (Lipinski definition) is 4. The molecule has 5 nitrogen and oxygen atoms in total. The predicted octanol–water partition coefficient (Wildman–Crippen LogP) is 0.984. The van der Waals surface area contributed by atoms with E-state index >= 15 is 0 Å². The largest absolute Gasteiger partial charge is 0.475 e.